The molecule has 0 bridgehead atoms. The molecule has 1 aliphatic heterocycles. The average molecular weight is 249 g/mol. The molecule has 0 unspecified atom stereocenters. The maximum Gasteiger partial charge on any atom is 0.263 e. The van der Waals surface area contributed by atoms with Crippen LogP contribution >= 0.6 is 0 Å². The number of fused-ring (bicyclic) bond motifs is 3. The largest absolute Gasteiger partial charge is 0.263 e. The molecule has 2 aromatic heterocycles. The monoisotopic (exact) mass is 249 g/mol. The van der Waals surface area contributed by atoms with Crippen LogP contribution in [0.4, 0.5) is 0 Å². The van der Waals surface area contributed by atoms with Gasteiger partial charge in [0, 0.05) is 6.07 Å². The van der Waals surface area contributed by atoms with Crippen molar-refractivity contribution in [2.24, 2.45) is 7.05 Å². The van der Waals surface area contributed by atoms with Crippen molar-refractivity contribution < 1.29 is 9.13 Å². The first-order valence-electron chi connectivity index (χ1n) is 6.48. The number of benzene rings is 1. The van der Waals surface area contributed by atoms with Gasteiger partial charge in [0.1, 0.15) is 25.5 Å². The van der Waals surface area contributed by atoms with Gasteiger partial charge >= 0.3 is 0 Å². The summed E-state index contributed by atoms with van der Waals surface area (Å²) in [6.45, 7) is 0.958. The van der Waals surface area contributed by atoms with Crippen LogP contribution in [0.2, 0.25) is 0 Å². The number of aromatic nitrogens is 3. The van der Waals surface area contributed by atoms with Crippen molar-refractivity contribution in [2.45, 2.75) is 6.54 Å². The van der Waals surface area contributed by atoms with Gasteiger partial charge in [-0.3, -0.25) is 0 Å². The van der Waals surface area contributed by atoms with Crippen LogP contribution in [0, 0.1) is 0 Å². The maximum atomic E-state index is 2.30. The molecule has 3 nitrogen and oxygen atoms in total. The van der Waals surface area contributed by atoms with Gasteiger partial charge in [-0.1, -0.05) is 18.2 Å². The molecule has 0 radical (unpaired) electrons. The summed E-state index contributed by atoms with van der Waals surface area (Å²) in [4.78, 5) is 0. The third-order valence-corrected chi connectivity index (χ3v) is 3.74. The van der Waals surface area contributed by atoms with E-state index < -0.39 is 0 Å². The van der Waals surface area contributed by atoms with E-state index in [1.54, 1.807) is 0 Å². The first-order valence-corrected chi connectivity index (χ1v) is 6.48. The van der Waals surface area contributed by atoms with Crippen LogP contribution in [0.25, 0.3) is 17.1 Å². The average Bonchev–Trinajstić information content (AvgIpc) is 2.97. The highest BCUT2D eigenvalue weighted by Gasteiger charge is 2.33. The molecular formula is C16H15N3+2. The fourth-order valence-electron chi connectivity index (χ4n) is 2.84. The molecule has 0 fully saturated rings. The number of imidazole rings is 1. The van der Waals surface area contributed by atoms with Crippen LogP contribution in [-0.2, 0) is 13.6 Å². The number of para-hydroxylation sites is 1. The molecule has 0 aliphatic carbocycles. The van der Waals surface area contributed by atoms with E-state index in [1.807, 2.05) is 6.07 Å². The summed E-state index contributed by atoms with van der Waals surface area (Å²) in [6, 6.07) is 14.7. The van der Waals surface area contributed by atoms with Gasteiger partial charge in [0.15, 0.2) is 6.20 Å². The van der Waals surface area contributed by atoms with Gasteiger partial charge in [0.05, 0.1) is 5.56 Å². The van der Waals surface area contributed by atoms with Gasteiger partial charge in [-0.15, -0.1) is 0 Å². The minimum atomic E-state index is 0.958. The lowest BCUT2D eigenvalue weighted by Gasteiger charge is -1.95. The molecule has 0 saturated heterocycles. The molecule has 0 amide bonds. The summed E-state index contributed by atoms with van der Waals surface area (Å²) < 4.78 is 6.69. The number of nitrogens with zero attached hydrogens (tertiary/aromatic N) is 3. The fraction of sp³-hybridized carbons (Fsp3) is 0.125. The summed E-state index contributed by atoms with van der Waals surface area (Å²) in [5.74, 6) is 0. The van der Waals surface area contributed by atoms with E-state index in [4.69, 9.17) is 0 Å². The molecule has 4 rings (SSSR count). The van der Waals surface area contributed by atoms with E-state index in [2.05, 4.69) is 75.9 Å². The van der Waals surface area contributed by atoms with Crippen molar-refractivity contribution in [1.29, 1.82) is 0 Å². The molecular weight excluding hydrogens is 234 g/mol. The molecule has 3 heterocycles. The van der Waals surface area contributed by atoms with Crippen molar-refractivity contribution in [3.05, 3.63) is 66.7 Å². The molecule has 3 aromatic rings. The highest BCUT2D eigenvalue weighted by atomic mass is 15.2. The number of pyridine rings is 1. The lowest BCUT2D eigenvalue weighted by atomic mass is 10.2. The standard InChI is InChI=1S/C16H15N3/c1-17-9-5-6-13-10-19-12-18(11-15(19)16(13)17)14-7-3-2-4-8-14/h2-9,11-12H,10H2,1H3/q+2. The normalized spacial score (nSPS) is 12.3. The number of hydrogen-bond acceptors (Lipinski definition) is 0. The smallest absolute Gasteiger partial charge is 0.220 e. The third-order valence-electron chi connectivity index (χ3n) is 3.74. The summed E-state index contributed by atoms with van der Waals surface area (Å²) >= 11 is 0. The Morgan fingerprint density at radius 1 is 1.05 bits per heavy atom. The van der Waals surface area contributed by atoms with Crippen molar-refractivity contribution in [2.75, 3.05) is 0 Å². The Hall–Kier alpha value is -2.42. The van der Waals surface area contributed by atoms with Gasteiger partial charge in [0.2, 0.25) is 12.0 Å². The van der Waals surface area contributed by atoms with E-state index in [1.165, 1.54) is 22.6 Å². The second kappa shape index (κ2) is 3.79. The Labute approximate surface area is 112 Å². The zero-order chi connectivity index (χ0) is 12.8. The Morgan fingerprint density at radius 2 is 1.89 bits per heavy atom. The first kappa shape index (κ1) is 10.5. The molecule has 0 saturated carbocycles. The second-order valence-corrected chi connectivity index (χ2v) is 4.99. The third kappa shape index (κ3) is 1.51. The van der Waals surface area contributed by atoms with Crippen molar-refractivity contribution in [3.63, 3.8) is 0 Å². The van der Waals surface area contributed by atoms with Crippen LogP contribution in [0.3, 0.4) is 0 Å². The zero-order valence-corrected chi connectivity index (χ0v) is 10.8. The lowest BCUT2D eigenvalue weighted by molar-refractivity contribution is -0.684. The van der Waals surface area contributed by atoms with Gasteiger partial charge in [-0.25, -0.2) is 9.13 Å². The molecule has 0 spiro atoms. The topological polar surface area (TPSA) is 12.7 Å². The number of aryl methyl sites for hydroxylation is 1. The SMILES string of the molecule is C[n+]1cccc2c1-c1cn(-c3ccccc3)c[n+]1C2. The highest BCUT2D eigenvalue weighted by molar-refractivity contribution is 5.54. The Morgan fingerprint density at radius 3 is 2.74 bits per heavy atom. The highest BCUT2D eigenvalue weighted by Crippen LogP contribution is 2.23. The summed E-state index contributed by atoms with van der Waals surface area (Å²) in [5, 5.41) is 0. The van der Waals surface area contributed by atoms with Gasteiger partial charge in [0.25, 0.3) is 5.69 Å². The van der Waals surface area contributed by atoms with Crippen LogP contribution in [0.15, 0.2) is 61.2 Å². The molecule has 1 aromatic carbocycles. The summed E-state index contributed by atoms with van der Waals surface area (Å²) in [6.07, 6.45) is 6.49. The Bertz CT molecular complexity index is 757. The lowest BCUT2D eigenvalue weighted by Crippen LogP contribution is -2.32. The molecule has 92 valence electrons. The van der Waals surface area contributed by atoms with E-state index in [0.717, 1.165) is 6.54 Å². The fourth-order valence-corrected chi connectivity index (χ4v) is 2.84. The second-order valence-electron chi connectivity index (χ2n) is 4.99. The van der Waals surface area contributed by atoms with Gasteiger partial charge < -0.3 is 0 Å². The van der Waals surface area contributed by atoms with Crippen molar-refractivity contribution in [3.8, 4) is 17.1 Å². The van der Waals surface area contributed by atoms with E-state index in [0.29, 0.717) is 0 Å². The quantitative estimate of drug-likeness (QED) is 0.455. The van der Waals surface area contributed by atoms with E-state index in [9.17, 15) is 0 Å². The maximum absolute atomic E-state index is 2.30. The van der Waals surface area contributed by atoms with Crippen molar-refractivity contribution in [1.82, 2.24) is 4.57 Å². The predicted molar refractivity (Wildman–Crippen MR) is 71.7 cm³/mol. The Balaban J connectivity index is 1.89. The van der Waals surface area contributed by atoms with Crippen molar-refractivity contribution >= 4 is 0 Å². The van der Waals surface area contributed by atoms with E-state index >= 15 is 0 Å². The van der Waals surface area contributed by atoms with E-state index in [-0.39, 0.29) is 0 Å². The molecule has 3 heteroatoms. The number of rotatable bonds is 1. The molecule has 0 N–H and O–H groups in total. The Kier molecular flexibility index (Phi) is 2.09. The minimum absolute atomic E-state index is 0.958. The predicted octanol–water partition coefficient (Wildman–Crippen LogP) is 1.62. The van der Waals surface area contributed by atoms with Crippen LogP contribution < -0.4 is 9.13 Å². The van der Waals surface area contributed by atoms with Gasteiger partial charge in [-0.05, 0) is 18.2 Å². The van der Waals surface area contributed by atoms with Crippen LogP contribution in [0.1, 0.15) is 5.56 Å². The minimum Gasteiger partial charge on any atom is -0.220 e. The zero-order valence-electron chi connectivity index (χ0n) is 10.8. The summed E-state index contributed by atoms with van der Waals surface area (Å²) in [5.41, 5.74) is 5.18. The van der Waals surface area contributed by atoms with Crippen LogP contribution in [-0.4, -0.2) is 4.57 Å². The van der Waals surface area contributed by atoms with Crippen LogP contribution in [0.5, 0.6) is 0 Å². The van der Waals surface area contributed by atoms with Gasteiger partial charge in [-0.2, -0.15) is 4.57 Å². The molecule has 1 aliphatic rings. The number of hydrogen-bond donors (Lipinski definition) is 0. The molecule has 19 heavy (non-hydrogen) atoms. The molecule has 0 atom stereocenters. The summed E-state index contributed by atoms with van der Waals surface area (Å²) in [7, 11) is 2.11. The first-order chi connectivity index (χ1) is 9.33.